The van der Waals surface area contributed by atoms with E-state index in [1.807, 2.05) is 35.2 Å². The summed E-state index contributed by atoms with van der Waals surface area (Å²) in [6.45, 7) is 3.71. The van der Waals surface area contributed by atoms with E-state index >= 15 is 0 Å². The Morgan fingerprint density at radius 1 is 1.24 bits per heavy atom. The predicted octanol–water partition coefficient (Wildman–Crippen LogP) is 3.12. The van der Waals surface area contributed by atoms with Crippen LogP contribution in [0.15, 0.2) is 30.3 Å². The maximum Gasteiger partial charge on any atom is 0.253 e. The number of benzene rings is 1. The molecule has 0 N–H and O–H groups in total. The van der Waals surface area contributed by atoms with Gasteiger partial charge in [-0.2, -0.15) is 0 Å². The van der Waals surface area contributed by atoms with Gasteiger partial charge < -0.3 is 4.90 Å². The van der Waals surface area contributed by atoms with Gasteiger partial charge in [0.2, 0.25) is 0 Å². The van der Waals surface area contributed by atoms with Gasteiger partial charge in [0, 0.05) is 24.6 Å². The standard InChI is InChI=1S/C16H19N3OS/c1-2-14-17-18-15(21-14)12-8-10-19(11-9-12)16(20)13-6-4-3-5-7-13/h3-7,12H,2,8-11H2,1H3. The zero-order chi connectivity index (χ0) is 14.7. The van der Waals surface area contributed by atoms with E-state index in [0.717, 1.165) is 47.9 Å². The summed E-state index contributed by atoms with van der Waals surface area (Å²) in [4.78, 5) is 14.3. The second-order valence-electron chi connectivity index (χ2n) is 5.32. The average Bonchev–Trinajstić information content (AvgIpc) is 3.04. The molecule has 21 heavy (non-hydrogen) atoms. The number of nitrogens with zero attached hydrogens (tertiary/aromatic N) is 3. The van der Waals surface area contributed by atoms with E-state index in [9.17, 15) is 4.79 Å². The Bertz CT molecular complexity index is 603. The molecule has 1 aliphatic heterocycles. The Morgan fingerprint density at radius 2 is 1.95 bits per heavy atom. The van der Waals surface area contributed by atoms with Crippen molar-refractivity contribution in [1.29, 1.82) is 0 Å². The molecule has 1 amide bonds. The lowest BCUT2D eigenvalue weighted by Crippen LogP contribution is -2.37. The van der Waals surface area contributed by atoms with Crippen molar-refractivity contribution in [1.82, 2.24) is 15.1 Å². The van der Waals surface area contributed by atoms with Gasteiger partial charge in [-0.05, 0) is 31.4 Å². The van der Waals surface area contributed by atoms with Gasteiger partial charge in [-0.3, -0.25) is 4.79 Å². The van der Waals surface area contributed by atoms with Crippen molar-refractivity contribution in [2.24, 2.45) is 0 Å². The molecular formula is C16H19N3OS. The first-order chi connectivity index (χ1) is 10.3. The number of carbonyl (C=O) groups is 1. The highest BCUT2D eigenvalue weighted by Gasteiger charge is 2.26. The number of aryl methyl sites for hydroxylation is 1. The second-order valence-corrected chi connectivity index (χ2v) is 6.41. The Labute approximate surface area is 128 Å². The van der Waals surface area contributed by atoms with Crippen LogP contribution in [-0.2, 0) is 6.42 Å². The summed E-state index contributed by atoms with van der Waals surface area (Å²) in [5.41, 5.74) is 0.778. The third kappa shape index (κ3) is 3.13. The fraction of sp³-hybridized carbons (Fsp3) is 0.438. The first-order valence-corrected chi connectivity index (χ1v) is 8.26. The Balaban J connectivity index is 1.61. The molecule has 1 aliphatic rings. The van der Waals surface area contributed by atoms with Crippen molar-refractivity contribution in [2.45, 2.75) is 32.1 Å². The lowest BCUT2D eigenvalue weighted by molar-refractivity contribution is 0.0713. The lowest BCUT2D eigenvalue weighted by atomic mass is 9.97. The summed E-state index contributed by atoms with van der Waals surface area (Å²) < 4.78 is 0. The molecule has 2 heterocycles. The molecule has 0 spiro atoms. The zero-order valence-electron chi connectivity index (χ0n) is 12.2. The van der Waals surface area contributed by atoms with Crippen LogP contribution in [0.3, 0.4) is 0 Å². The van der Waals surface area contributed by atoms with Crippen LogP contribution in [0.5, 0.6) is 0 Å². The van der Waals surface area contributed by atoms with Gasteiger partial charge >= 0.3 is 0 Å². The van der Waals surface area contributed by atoms with Crippen LogP contribution in [0.25, 0.3) is 0 Å². The Kier molecular flexibility index (Phi) is 4.29. The van der Waals surface area contributed by atoms with Crippen molar-refractivity contribution in [3.05, 3.63) is 45.9 Å². The Morgan fingerprint density at radius 3 is 2.57 bits per heavy atom. The van der Waals surface area contributed by atoms with Gasteiger partial charge in [0.05, 0.1) is 0 Å². The topological polar surface area (TPSA) is 46.1 Å². The van der Waals surface area contributed by atoms with Gasteiger partial charge in [0.25, 0.3) is 5.91 Å². The van der Waals surface area contributed by atoms with Crippen molar-refractivity contribution in [3.8, 4) is 0 Å². The summed E-state index contributed by atoms with van der Waals surface area (Å²) in [6.07, 6.45) is 2.91. The largest absolute Gasteiger partial charge is 0.339 e. The second kappa shape index (κ2) is 6.35. The van der Waals surface area contributed by atoms with E-state index in [2.05, 4.69) is 17.1 Å². The van der Waals surface area contributed by atoms with Crippen LogP contribution in [0.2, 0.25) is 0 Å². The molecule has 0 bridgehead atoms. The maximum absolute atomic E-state index is 12.4. The third-order valence-electron chi connectivity index (χ3n) is 3.94. The lowest BCUT2D eigenvalue weighted by Gasteiger charge is -2.31. The molecule has 1 saturated heterocycles. The maximum atomic E-state index is 12.4. The van der Waals surface area contributed by atoms with E-state index in [0.29, 0.717) is 5.92 Å². The number of amides is 1. The van der Waals surface area contributed by atoms with Crippen LogP contribution in [0.4, 0.5) is 0 Å². The van der Waals surface area contributed by atoms with E-state index < -0.39 is 0 Å². The summed E-state index contributed by atoms with van der Waals surface area (Å²) in [5.74, 6) is 0.600. The number of likely N-dealkylation sites (tertiary alicyclic amines) is 1. The molecule has 0 unspecified atom stereocenters. The molecular weight excluding hydrogens is 282 g/mol. The van der Waals surface area contributed by atoms with Crippen molar-refractivity contribution in [3.63, 3.8) is 0 Å². The van der Waals surface area contributed by atoms with Crippen LogP contribution in [0.1, 0.15) is 46.1 Å². The summed E-state index contributed by atoms with van der Waals surface area (Å²) >= 11 is 1.72. The molecule has 1 fully saturated rings. The highest BCUT2D eigenvalue weighted by atomic mass is 32.1. The van der Waals surface area contributed by atoms with Crippen LogP contribution in [0, 0.1) is 0 Å². The van der Waals surface area contributed by atoms with Gasteiger partial charge in [-0.25, -0.2) is 0 Å². The quantitative estimate of drug-likeness (QED) is 0.875. The molecule has 3 rings (SSSR count). The minimum absolute atomic E-state index is 0.139. The predicted molar refractivity (Wildman–Crippen MR) is 83.6 cm³/mol. The molecule has 0 saturated carbocycles. The fourth-order valence-electron chi connectivity index (χ4n) is 2.67. The summed E-state index contributed by atoms with van der Waals surface area (Å²) in [7, 11) is 0. The molecule has 0 radical (unpaired) electrons. The molecule has 0 aliphatic carbocycles. The fourth-order valence-corrected chi connectivity index (χ4v) is 3.62. The zero-order valence-corrected chi connectivity index (χ0v) is 13.0. The molecule has 2 aromatic rings. The Hall–Kier alpha value is -1.75. The average molecular weight is 301 g/mol. The van der Waals surface area contributed by atoms with Gasteiger partial charge in [0.1, 0.15) is 10.0 Å². The van der Waals surface area contributed by atoms with Crippen LogP contribution in [-0.4, -0.2) is 34.1 Å². The van der Waals surface area contributed by atoms with E-state index in [-0.39, 0.29) is 5.91 Å². The minimum atomic E-state index is 0.139. The molecule has 1 aromatic heterocycles. The number of aromatic nitrogens is 2. The first-order valence-electron chi connectivity index (χ1n) is 7.44. The normalized spacial score (nSPS) is 16.1. The number of hydrogen-bond donors (Lipinski definition) is 0. The first kappa shape index (κ1) is 14.2. The molecule has 110 valence electrons. The number of rotatable bonds is 3. The number of carbonyl (C=O) groups excluding carboxylic acids is 1. The van der Waals surface area contributed by atoms with Crippen molar-refractivity contribution < 1.29 is 4.79 Å². The monoisotopic (exact) mass is 301 g/mol. The summed E-state index contributed by atoms with van der Waals surface area (Å²) in [6, 6.07) is 9.52. The van der Waals surface area contributed by atoms with Crippen molar-refractivity contribution in [2.75, 3.05) is 13.1 Å². The highest BCUT2D eigenvalue weighted by molar-refractivity contribution is 7.11. The molecule has 4 nitrogen and oxygen atoms in total. The molecule has 5 heteroatoms. The summed E-state index contributed by atoms with van der Waals surface area (Å²) in [5, 5.41) is 10.7. The smallest absolute Gasteiger partial charge is 0.253 e. The molecule has 1 aromatic carbocycles. The van der Waals surface area contributed by atoms with E-state index in [4.69, 9.17) is 0 Å². The third-order valence-corrected chi connectivity index (χ3v) is 5.17. The van der Waals surface area contributed by atoms with Gasteiger partial charge in [-0.1, -0.05) is 25.1 Å². The highest BCUT2D eigenvalue weighted by Crippen LogP contribution is 2.30. The number of hydrogen-bond acceptors (Lipinski definition) is 4. The van der Waals surface area contributed by atoms with Crippen LogP contribution >= 0.6 is 11.3 Å². The number of piperidine rings is 1. The minimum Gasteiger partial charge on any atom is -0.339 e. The van der Waals surface area contributed by atoms with Gasteiger partial charge in [-0.15, -0.1) is 21.5 Å². The van der Waals surface area contributed by atoms with E-state index in [1.165, 1.54) is 0 Å². The van der Waals surface area contributed by atoms with Gasteiger partial charge in [0.15, 0.2) is 0 Å². The van der Waals surface area contributed by atoms with E-state index in [1.54, 1.807) is 11.3 Å². The SMILES string of the molecule is CCc1nnc(C2CCN(C(=O)c3ccccc3)CC2)s1. The van der Waals surface area contributed by atoms with Crippen LogP contribution < -0.4 is 0 Å². The molecule has 0 atom stereocenters. The van der Waals surface area contributed by atoms with Crippen molar-refractivity contribution >= 4 is 17.2 Å².